The SMILES string of the molecule is Cc1nc(SCC(=O)N[C@@H](C)[C@@H]2C[C@H]3CC[C@H]2C3)c2ccccc2n1. The molecule has 2 aliphatic carbocycles. The Morgan fingerprint density at radius 3 is 2.88 bits per heavy atom. The van der Waals surface area contributed by atoms with Crippen LogP contribution in [-0.4, -0.2) is 27.7 Å². The second kappa shape index (κ2) is 6.94. The second-order valence-corrected chi connectivity index (χ2v) is 8.54. The Kier molecular flexibility index (Phi) is 4.67. The first-order valence-electron chi connectivity index (χ1n) is 9.25. The van der Waals surface area contributed by atoms with Gasteiger partial charge in [-0.25, -0.2) is 9.97 Å². The van der Waals surface area contributed by atoms with Crippen molar-refractivity contribution >= 4 is 28.6 Å². The van der Waals surface area contributed by atoms with E-state index in [1.807, 2.05) is 31.2 Å². The molecule has 1 N–H and O–H groups in total. The van der Waals surface area contributed by atoms with Gasteiger partial charge in [0.1, 0.15) is 10.9 Å². The van der Waals surface area contributed by atoms with Crippen LogP contribution in [0.15, 0.2) is 29.3 Å². The Labute approximate surface area is 153 Å². The number of benzene rings is 1. The zero-order valence-corrected chi connectivity index (χ0v) is 15.7. The maximum atomic E-state index is 12.4. The highest BCUT2D eigenvalue weighted by Crippen LogP contribution is 2.49. The lowest BCUT2D eigenvalue weighted by Crippen LogP contribution is -2.40. The molecule has 0 aliphatic heterocycles. The number of thioether (sulfide) groups is 1. The van der Waals surface area contributed by atoms with E-state index in [4.69, 9.17) is 0 Å². The van der Waals surface area contributed by atoms with Crippen LogP contribution in [0.3, 0.4) is 0 Å². The predicted molar refractivity (Wildman–Crippen MR) is 102 cm³/mol. The van der Waals surface area contributed by atoms with E-state index >= 15 is 0 Å². The summed E-state index contributed by atoms with van der Waals surface area (Å²) in [7, 11) is 0. The summed E-state index contributed by atoms with van der Waals surface area (Å²) in [5, 5.41) is 5.15. The monoisotopic (exact) mass is 355 g/mol. The van der Waals surface area contributed by atoms with Crippen molar-refractivity contribution in [1.29, 1.82) is 0 Å². The highest BCUT2D eigenvalue weighted by molar-refractivity contribution is 8.00. The normalized spacial score (nSPS) is 26.1. The molecule has 1 heterocycles. The molecular formula is C20H25N3OS. The Morgan fingerprint density at radius 2 is 2.12 bits per heavy atom. The number of carbonyl (C=O) groups excluding carboxylic acids is 1. The fourth-order valence-corrected chi connectivity index (χ4v) is 5.59. The number of fused-ring (bicyclic) bond motifs is 3. The quantitative estimate of drug-likeness (QED) is 0.651. The molecule has 5 heteroatoms. The average Bonchev–Trinajstić information content (AvgIpc) is 3.22. The molecule has 0 spiro atoms. The largest absolute Gasteiger partial charge is 0.353 e. The van der Waals surface area contributed by atoms with Gasteiger partial charge in [-0.2, -0.15) is 0 Å². The Hall–Kier alpha value is -1.62. The first-order valence-corrected chi connectivity index (χ1v) is 10.2. The Morgan fingerprint density at radius 1 is 1.28 bits per heavy atom. The van der Waals surface area contributed by atoms with Gasteiger partial charge in [0.05, 0.1) is 11.3 Å². The molecule has 4 atom stereocenters. The minimum absolute atomic E-state index is 0.112. The van der Waals surface area contributed by atoms with E-state index in [-0.39, 0.29) is 11.9 Å². The van der Waals surface area contributed by atoms with Gasteiger partial charge in [-0.05, 0) is 56.9 Å². The smallest absolute Gasteiger partial charge is 0.230 e. The number of aromatic nitrogens is 2. The molecule has 2 aliphatic rings. The number of nitrogens with zero attached hydrogens (tertiary/aromatic N) is 2. The van der Waals surface area contributed by atoms with Crippen molar-refractivity contribution in [2.75, 3.05) is 5.75 Å². The van der Waals surface area contributed by atoms with E-state index in [0.717, 1.165) is 33.6 Å². The van der Waals surface area contributed by atoms with Crippen LogP contribution < -0.4 is 5.32 Å². The van der Waals surface area contributed by atoms with Gasteiger partial charge in [-0.15, -0.1) is 0 Å². The lowest BCUT2D eigenvalue weighted by atomic mass is 9.84. The molecule has 1 aromatic carbocycles. The van der Waals surface area contributed by atoms with Crippen molar-refractivity contribution in [3.8, 4) is 0 Å². The molecule has 2 saturated carbocycles. The van der Waals surface area contributed by atoms with Crippen LogP contribution in [0.4, 0.5) is 0 Å². The molecule has 2 fully saturated rings. The van der Waals surface area contributed by atoms with E-state index in [9.17, 15) is 4.79 Å². The fourth-order valence-electron chi connectivity index (χ4n) is 4.71. The highest BCUT2D eigenvalue weighted by atomic mass is 32.2. The number of amides is 1. The van der Waals surface area contributed by atoms with Gasteiger partial charge in [0, 0.05) is 11.4 Å². The van der Waals surface area contributed by atoms with Crippen molar-refractivity contribution in [1.82, 2.24) is 15.3 Å². The molecule has 2 aromatic rings. The summed E-state index contributed by atoms with van der Waals surface area (Å²) >= 11 is 1.51. The van der Waals surface area contributed by atoms with Gasteiger partial charge < -0.3 is 5.32 Å². The fraction of sp³-hybridized carbons (Fsp3) is 0.550. The molecule has 1 aromatic heterocycles. The maximum Gasteiger partial charge on any atom is 0.230 e. The first-order chi connectivity index (χ1) is 12.1. The Balaban J connectivity index is 1.37. The van der Waals surface area contributed by atoms with Crippen LogP contribution in [0.1, 0.15) is 38.4 Å². The van der Waals surface area contributed by atoms with Crippen LogP contribution in [0.25, 0.3) is 10.9 Å². The molecule has 132 valence electrons. The summed E-state index contributed by atoms with van der Waals surface area (Å²) in [6.45, 7) is 4.08. The van der Waals surface area contributed by atoms with Gasteiger partial charge >= 0.3 is 0 Å². The van der Waals surface area contributed by atoms with Crippen molar-refractivity contribution in [2.45, 2.75) is 50.6 Å². The molecule has 0 saturated heterocycles. The molecule has 1 amide bonds. The summed E-state index contributed by atoms with van der Waals surface area (Å²) in [5.41, 5.74) is 0.938. The molecule has 0 unspecified atom stereocenters. The molecule has 4 rings (SSSR count). The van der Waals surface area contributed by atoms with Gasteiger partial charge in [0.25, 0.3) is 0 Å². The van der Waals surface area contributed by atoms with Crippen molar-refractivity contribution in [3.05, 3.63) is 30.1 Å². The van der Waals surface area contributed by atoms with Crippen molar-refractivity contribution < 1.29 is 4.79 Å². The topological polar surface area (TPSA) is 54.9 Å². The Bertz CT molecular complexity index is 794. The van der Waals surface area contributed by atoms with Crippen LogP contribution in [0.2, 0.25) is 0 Å². The summed E-state index contributed by atoms with van der Waals surface area (Å²) in [5.74, 6) is 3.69. The van der Waals surface area contributed by atoms with E-state index in [1.54, 1.807) is 0 Å². The number of nitrogens with one attached hydrogen (secondary N) is 1. The van der Waals surface area contributed by atoms with Gasteiger partial charge in [-0.1, -0.05) is 36.4 Å². The summed E-state index contributed by atoms with van der Waals surface area (Å²) in [6, 6.07) is 8.26. The van der Waals surface area contributed by atoms with Crippen molar-refractivity contribution in [3.63, 3.8) is 0 Å². The first kappa shape index (κ1) is 16.8. The van der Waals surface area contributed by atoms with Crippen LogP contribution in [0.5, 0.6) is 0 Å². The van der Waals surface area contributed by atoms with Crippen molar-refractivity contribution in [2.24, 2.45) is 17.8 Å². The molecule has 0 radical (unpaired) electrons. The minimum atomic E-state index is 0.112. The number of hydrogen-bond acceptors (Lipinski definition) is 4. The molecule has 2 bridgehead atoms. The molecule has 4 nitrogen and oxygen atoms in total. The third kappa shape index (κ3) is 3.52. The molecule has 25 heavy (non-hydrogen) atoms. The second-order valence-electron chi connectivity index (χ2n) is 7.58. The van der Waals surface area contributed by atoms with E-state index in [1.165, 1.54) is 37.4 Å². The maximum absolute atomic E-state index is 12.4. The predicted octanol–water partition coefficient (Wildman–Crippen LogP) is 3.97. The standard InChI is InChI=1S/C20H25N3OS/c1-12(17-10-14-7-8-15(17)9-14)21-19(24)11-25-20-16-5-3-4-6-18(16)22-13(2)23-20/h3-6,12,14-15,17H,7-11H2,1-2H3,(H,21,24)/t12-,14-,15-,17-/m0/s1. The van der Waals surface area contributed by atoms with Crippen LogP contribution in [0, 0.1) is 24.7 Å². The lowest BCUT2D eigenvalue weighted by molar-refractivity contribution is -0.119. The number of hydrogen-bond donors (Lipinski definition) is 1. The van der Waals surface area contributed by atoms with Gasteiger partial charge in [0.2, 0.25) is 5.91 Å². The number of aryl methyl sites for hydroxylation is 1. The molecular weight excluding hydrogens is 330 g/mol. The summed E-state index contributed by atoms with van der Waals surface area (Å²) < 4.78 is 0. The zero-order chi connectivity index (χ0) is 17.4. The lowest BCUT2D eigenvalue weighted by Gasteiger charge is -2.28. The van der Waals surface area contributed by atoms with E-state index < -0.39 is 0 Å². The van der Waals surface area contributed by atoms with E-state index in [0.29, 0.717) is 11.7 Å². The number of rotatable bonds is 5. The van der Waals surface area contributed by atoms with Gasteiger partial charge in [0.15, 0.2) is 0 Å². The third-order valence-corrected chi connectivity index (χ3v) is 6.83. The summed E-state index contributed by atoms with van der Waals surface area (Å²) in [6.07, 6.45) is 5.44. The zero-order valence-electron chi connectivity index (χ0n) is 14.9. The van der Waals surface area contributed by atoms with Crippen LogP contribution >= 0.6 is 11.8 Å². The van der Waals surface area contributed by atoms with E-state index in [2.05, 4.69) is 22.2 Å². The highest BCUT2D eigenvalue weighted by Gasteiger charge is 2.42. The van der Waals surface area contributed by atoms with Gasteiger partial charge in [-0.3, -0.25) is 4.79 Å². The number of para-hydroxylation sites is 1. The average molecular weight is 356 g/mol. The third-order valence-electron chi connectivity index (χ3n) is 5.84. The summed E-state index contributed by atoms with van der Waals surface area (Å²) in [4.78, 5) is 21.4. The number of carbonyl (C=O) groups is 1. The minimum Gasteiger partial charge on any atom is -0.353 e. The van der Waals surface area contributed by atoms with Crippen LogP contribution in [-0.2, 0) is 4.79 Å².